The molecule has 1 aliphatic rings. The van der Waals surface area contributed by atoms with Gasteiger partial charge in [-0.25, -0.2) is 4.39 Å². The van der Waals surface area contributed by atoms with Crippen LogP contribution in [-0.2, 0) is 6.54 Å². The van der Waals surface area contributed by atoms with Crippen LogP contribution >= 0.6 is 0 Å². The third-order valence-corrected chi connectivity index (χ3v) is 3.88. The van der Waals surface area contributed by atoms with Gasteiger partial charge in [-0.05, 0) is 44.5 Å². The first-order chi connectivity index (χ1) is 8.11. The van der Waals surface area contributed by atoms with E-state index in [4.69, 9.17) is 0 Å². The van der Waals surface area contributed by atoms with Crippen molar-refractivity contribution >= 4 is 0 Å². The van der Waals surface area contributed by atoms with Gasteiger partial charge in [0.1, 0.15) is 5.82 Å². The van der Waals surface area contributed by atoms with Crippen LogP contribution in [0.25, 0.3) is 0 Å². The lowest BCUT2D eigenvalue weighted by atomic mass is 9.90. The Hall–Kier alpha value is -0.930. The predicted molar refractivity (Wildman–Crippen MR) is 68.4 cm³/mol. The Morgan fingerprint density at radius 2 is 1.82 bits per heavy atom. The van der Waals surface area contributed by atoms with Crippen molar-refractivity contribution in [1.82, 2.24) is 10.2 Å². The molecule has 1 saturated heterocycles. The quantitative estimate of drug-likeness (QED) is 0.867. The third-order valence-electron chi connectivity index (χ3n) is 3.88. The number of piperidine rings is 1. The average molecular weight is 236 g/mol. The molecule has 1 heterocycles. The summed E-state index contributed by atoms with van der Waals surface area (Å²) in [5, 5.41) is 3.40. The lowest BCUT2D eigenvalue weighted by molar-refractivity contribution is 0.146. The van der Waals surface area contributed by atoms with Gasteiger partial charge in [0.15, 0.2) is 0 Å². The van der Waals surface area contributed by atoms with Gasteiger partial charge in [0.25, 0.3) is 0 Å². The Kier molecular flexibility index (Phi) is 3.79. The highest BCUT2D eigenvalue weighted by Crippen LogP contribution is 2.22. The molecule has 0 aromatic heterocycles. The van der Waals surface area contributed by atoms with Crippen LogP contribution in [0, 0.1) is 5.82 Å². The number of likely N-dealkylation sites (tertiary alicyclic amines) is 1. The fourth-order valence-electron chi connectivity index (χ4n) is 2.30. The first kappa shape index (κ1) is 12.5. The summed E-state index contributed by atoms with van der Waals surface area (Å²) >= 11 is 0. The van der Waals surface area contributed by atoms with Crippen LogP contribution in [0.1, 0.15) is 25.3 Å². The molecule has 0 bridgehead atoms. The fraction of sp³-hybridized carbons (Fsp3) is 0.571. The van der Waals surface area contributed by atoms with E-state index in [1.165, 1.54) is 30.5 Å². The zero-order valence-corrected chi connectivity index (χ0v) is 10.7. The Morgan fingerprint density at radius 1 is 1.24 bits per heavy atom. The van der Waals surface area contributed by atoms with E-state index in [0.717, 1.165) is 19.6 Å². The molecule has 0 radical (unpaired) electrons. The summed E-state index contributed by atoms with van der Waals surface area (Å²) in [4.78, 5) is 2.44. The summed E-state index contributed by atoms with van der Waals surface area (Å²) < 4.78 is 12.8. The molecule has 3 heteroatoms. The number of nitrogens with one attached hydrogen (secondary N) is 1. The van der Waals surface area contributed by atoms with Crippen molar-refractivity contribution in [3.8, 4) is 0 Å². The first-order valence-electron chi connectivity index (χ1n) is 6.27. The van der Waals surface area contributed by atoms with Crippen LogP contribution in [-0.4, -0.2) is 30.6 Å². The highest BCUT2D eigenvalue weighted by molar-refractivity contribution is 5.16. The average Bonchev–Trinajstić information content (AvgIpc) is 2.35. The standard InChI is InChI=1S/C14H21FN2/c1-14(16-2)7-9-17(10-8-14)11-12-3-5-13(15)6-4-12/h3-6,16H,7-11H2,1-2H3. The summed E-state index contributed by atoms with van der Waals surface area (Å²) in [6.07, 6.45) is 2.34. The van der Waals surface area contributed by atoms with Crippen LogP contribution in [0.3, 0.4) is 0 Å². The van der Waals surface area contributed by atoms with Gasteiger partial charge in [-0.15, -0.1) is 0 Å². The molecule has 0 unspecified atom stereocenters. The number of hydrogen-bond acceptors (Lipinski definition) is 2. The molecule has 1 aromatic rings. The molecule has 17 heavy (non-hydrogen) atoms. The number of halogens is 1. The van der Waals surface area contributed by atoms with Crippen LogP contribution in [0.2, 0.25) is 0 Å². The van der Waals surface area contributed by atoms with Crippen LogP contribution in [0.15, 0.2) is 24.3 Å². The van der Waals surface area contributed by atoms with E-state index in [2.05, 4.69) is 17.1 Å². The smallest absolute Gasteiger partial charge is 0.123 e. The van der Waals surface area contributed by atoms with E-state index in [1.54, 1.807) is 0 Å². The molecule has 0 amide bonds. The zero-order valence-electron chi connectivity index (χ0n) is 10.7. The van der Waals surface area contributed by atoms with Crippen molar-refractivity contribution in [1.29, 1.82) is 0 Å². The number of hydrogen-bond donors (Lipinski definition) is 1. The minimum absolute atomic E-state index is 0.157. The second kappa shape index (κ2) is 5.15. The van der Waals surface area contributed by atoms with Gasteiger partial charge >= 0.3 is 0 Å². The monoisotopic (exact) mass is 236 g/mol. The molecule has 0 saturated carbocycles. The number of nitrogens with zero attached hydrogens (tertiary/aromatic N) is 1. The van der Waals surface area contributed by atoms with Gasteiger partial charge in [0.05, 0.1) is 0 Å². The number of benzene rings is 1. The van der Waals surface area contributed by atoms with Crippen molar-refractivity contribution in [3.05, 3.63) is 35.6 Å². The predicted octanol–water partition coefficient (Wildman–Crippen LogP) is 2.40. The van der Waals surface area contributed by atoms with Gasteiger partial charge in [-0.2, -0.15) is 0 Å². The van der Waals surface area contributed by atoms with Crippen molar-refractivity contribution in [2.45, 2.75) is 31.8 Å². The summed E-state index contributed by atoms with van der Waals surface area (Å²) in [5.41, 5.74) is 1.48. The molecule has 2 rings (SSSR count). The summed E-state index contributed by atoms with van der Waals surface area (Å²) in [7, 11) is 2.04. The van der Waals surface area contributed by atoms with Crippen molar-refractivity contribution in [3.63, 3.8) is 0 Å². The highest BCUT2D eigenvalue weighted by Gasteiger charge is 2.27. The topological polar surface area (TPSA) is 15.3 Å². The van der Waals surface area contributed by atoms with E-state index in [-0.39, 0.29) is 5.82 Å². The molecule has 1 fully saturated rings. The lowest BCUT2D eigenvalue weighted by Crippen LogP contribution is -2.49. The minimum Gasteiger partial charge on any atom is -0.314 e. The normalized spacial score (nSPS) is 20.4. The van der Waals surface area contributed by atoms with Gasteiger partial charge in [-0.3, -0.25) is 4.90 Å². The van der Waals surface area contributed by atoms with Crippen molar-refractivity contribution in [2.24, 2.45) is 0 Å². The highest BCUT2D eigenvalue weighted by atomic mass is 19.1. The lowest BCUT2D eigenvalue weighted by Gasteiger charge is -2.39. The van der Waals surface area contributed by atoms with Crippen LogP contribution < -0.4 is 5.32 Å². The largest absolute Gasteiger partial charge is 0.314 e. The van der Waals surface area contributed by atoms with Gasteiger partial charge in [0.2, 0.25) is 0 Å². The third kappa shape index (κ3) is 3.27. The van der Waals surface area contributed by atoms with E-state index in [9.17, 15) is 4.39 Å². The van der Waals surface area contributed by atoms with Crippen molar-refractivity contribution < 1.29 is 4.39 Å². The Morgan fingerprint density at radius 3 is 2.35 bits per heavy atom. The van der Waals surface area contributed by atoms with Gasteiger partial charge in [0, 0.05) is 25.2 Å². The molecular formula is C14H21FN2. The molecule has 0 atom stereocenters. The van der Waals surface area contributed by atoms with Crippen LogP contribution in [0.4, 0.5) is 4.39 Å². The molecule has 1 aromatic carbocycles. The SMILES string of the molecule is CNC1(C)CCN(Cc2ccc(F)cc2)CC1. The maximum atomic E-state index is 12.8. The zero-order chi connectivity index (χ0) is 12.3. The van der Waals surface area contributed by atoms with Gasteiger partial charge < -0.3 is 5.32 Å². The fourth-order valence-corrected chi connectivity index (χ4v) is 2.30. The van der Waals surface area contributed by atoms with E-state index >= 15 is 0 Å². The summed E-state index contributed by atoms with van der Waals surface area (Å²) in [6, 6.07) is 6.83. The number of rotatable bonds is 3. The molecule has 0 spiro atoms. The maximum absolute atomic E-state index is 12.8. The van der Waals surface area contributed by atoms with E-state index in [1.807, 2.05) is 19.2 Å². The van der Waals surface area contributed by atoms with E-state index in [0.29, 0.717) is 5.54 Å². The van der Waals surface area contributed by atoms with Gasteiger partial charge in [-0.1, -0.05) is 12.1 Å². The van der Waals surface area contributed by atoms with Crippen molar-refractivity contribution in [2.75, 3.05) is 20.1 Å². The van der Waals surface area contributed by atoms with E-state index < -0.39 is 0 Å². The maximum Gasteiger partial charge on any atom is 0.123 e. The Labute approximate surface area is 103 Å². The molecular weight excluding hydrogens is 215 g/mol. The first-order valence-corrected chi connectivity index (χ1v) is 6.27. The molecule has 94 valence electrons. The van der Waals surface area contributed by atoms with Crippen LogP contribution in [0.5, 0.6) is 0 Å². The minimum atomic E-state index is -0.157. The summed E-state index contributed by atoms with van der Waals surface area (Å²) in [6.45, 7) is 5.42. The second-order valence-corrected chi connectivity index (χ2v) is 5.21. The molecule has 1 N–H and O–H groups in total. The molecule has 0 aliphatic carbocycles. The second-order valence-electron chi connectivity index (χ2n) is 5.21. The summed E-state index contributed by atoms with van der Waals surface area (Å²) in [5.74, 6) is -0.157. The Bertz CT molecular complexity index is 353. The molecule has 1 aliphatic heterocycles. The Balaban J connectivity index is 1.88. The molecule has 2 nitrogen and oxygen atoms in total.